The molecule has 0 aliphatic rings. The summed E-state index contributed by atoms with van der Waals surface area (Å²) in [6, 6.07) is 12.8. The van der Waals surface area contributed by atoms with Crippen molar-refractivity contribution in [3.8, 4) is 11.5 Å². The number of nitrogens with zero attached hydrogens (tertiary/aromatic N) is 2. The predicted molar refractivity (Wildman–Crippen MR) is 105 cm³/mol. The summed E-state index contributed by atoms with van der Waals surface area (Å²) in [5, 5.41) is 0.871. The summed E-state index contributed by atoms with van der Waals surface area (Å²) in [6.07, 6.45) is 0. The molecule has 0 N–H and O–H groups in total. The Morgan fingerprint density at radius 1 is 1.15 bits per heavy atom. The van der Waals surface area contributed by atoms with Gasteiger partial charge >= 0.3 is 0 Å². The van der Waals surface area contributed by atoms with E-state index >= 15 is 0 Å². The average molecular weight is 384 g/mol. The van der Waals surface area contributed by atoms with Gasteiger partial charge in [-0.15, -0.1) is 11.3 Å². The van der Waals surface area contributed by atoms with Crippen LogP contribution in [0.3, 0.4) is 0 Å². The van der Waals surface area contributed by atoms with Crippen LogP contribution in [0.5, 0.6) is 11.5 Å². The van der Waals surface area contributed by atoms with Gasteiger partial charge in [-0.2, -0.15) is 0 Å². The van der Waals surface area contributed by atoms with E-state index in [9.17, 15) is 9.59 Å². The maximum Gasteiger partial charge on any atom is 0.260 e. The second-order valence-electron chi connectivity index (χ2n) is 6.04. The van der Waals surface area contributed by atoms with E-state index in [1.807, 2.05) is 24.3 Å². The van der Waals surface area contributed by atoms with Crippen LogP contribution in [0.1, 0.15) is 22.3 Å². The van der Waals surface area contributed by atoms with Crippen LogP contribution in [-0.2, 0) is 11.3 Å². The van der Waals surface area contributed by atoms with Crippen LogP contribution in [0.15, 0.2) is 42.5 Å². The molecule has 0 radical (unpaired) electrons. The third kappa shape index (κ3) is 4.43. The molecular formula is C20H20N2O4S. The molecule has 27 heavy (non-hydrogen) atoms. The van der Waals surface area contributed by atoms with Gasteiger partial charge < -0.3 is 14.4 Å². The highest BCUT2D eigenvalue weighted by Gasteiger charge is 2.15. The Balaban J connectivity index is 1.62. The van der Waals surface area contributed by atoms with Gasteiger partial charge in [-0.1, -0.05) is 12.1 Å². The van der Waals surface area contributed by atoms with Crippen LogP contribution in [0.4, 0.5) is 0 Å². The summed E-state index contributed by atoms with van der Waals surface area (Å²) in [4.78, 5) is 30.0. The number of hydrogen-bond donors (Lipinski definition) is 0. The number of rotatable bonds is 7. The van der Waals surface area contributed by atoms with E-state index in [0.29, 0.717) is 23.6 Å². The number of hydrogen-bond acceptors (Lipinski definition) is 6. The number of ketones is 1. The standard InChI is InChI=1S/C20H20N2O4S/c1-13(23)14-8-9-16(17(10-14)25-3)26-12-20(24)22(2)11-19-21-15-6-4-5-7-18(15)27-19/h4-10H,11-12H2,1-3H3. The van der Waals surface area contributed by atoms with Crippen LogP contribution < -0.4 is 9.47 Å². The molecule has 0 bridgehead atoms. The fourth-order valence-corrected chi connectivity index (χ4v) is 3.56. The van der Waals surface area contributed by atoms with Crippen LogP contribution in [0.25, 0.3) is 10.2 Å². The molecule has 0 fully saturated rings. The van der Waals surface area contributed by atoms with Crippen molar-refractivity contribution >= 4 is 33.2 Å². The van der Waals surface area contributed by atoms with Gasteiger partial charge in [0.25, 0.3) is 5.91 Å². The maximum absolute atomic E-state index is 12.4. The van der Waals surface area contributed by atoms with E-state index in [2.05, 4.69) is 4.98 Å². The summed E-state index contributed by atoms with van der Waals surface area (Å²) < 4.78 is 11.9. The molecule has 0 saturated heterocycles. The predicted octanol–water partition coefficient (Wildman–Crippen LogP) is 3.54. The summed E-state index contributed by atoms with van der Waals surface area (Å²) in [5.74, 6) is 0.604. The van der Waals surface area contributed by atoms with E-state index in [0.717, 1.165) is 15.2 Å². The van der Waals surface area contributed by atoms with Crippen molar-refractivity contribution in [2.24, 2.45) is 0 Å². The normalized spacial score (nSPS) is 10.6. The van der Waals surface area contributed by atoms with Gasteiger partial charge in [0.05, 0.1) is 23.9 Å². The Labute approximate surface area is 161 Å². The lowest BCUT2D eigenvalue weighted by atomic mass is 10.1. The van der Waals surface area contributed by atoms with Crippen LogP contribution in [-0.4, -0.2) is 42.3 Å². The largest absolute Gasteiger partial charge is 0.493 e. The SMILES string of the molecule is COc1cc(C(C)=O)ccc1OCC(=O)N(C)Cc1nc2ccccc2s1. The first-order valence-corrected chi connectivity index (χ1v) is 9.19. The number of ether oxygens (including phenoxy) is 2. The molecule has 2 aromatic carbocycles. The molecule has 0 saturated carbocycles. The number of thiazole rings is 1. The Kier molecular flexibility index (Phi) is 5.71. The number of likely N-dealkylation sites (N-methyl/N-ethyl adjacent to an activating group) is 1. The quantitative estimate of drug-likeness (QED) is 0.583. The zero-order chi connectivity index (χ0) is 19.4. The lowest BCUT2D eigenvalue weighted by Gasteiger charge is -2.17. The number of Topliss-reactive ketones (excluding diaryl/α,β-unsaturated/α-hetero) is 1. The van der Waals surface area contributed by atoms with Gasteiger partial charge in [0, 0.05) is 12.6 Å². The van der Waals surface area contributed by atoms with Crippen molar-refractivity contribution in [1.29, 1.82) is 0 Å². The van der Waals surface area contributed by atoms with E-state index in [1.54, 1.807) is 41.5 Å². The topological polar surface area (TPSA) is 68.7 Å². The van der Waals surface area contributed by atoms with E-state index in [-0.39, 0.29) is 18.3 Å². The van der Waals surface area contributed by atoms with Gasteiger partial charge in [0.2, 0.25) is 0 Å². The van der Waals surface area contributed by atoms with E-state index in [1.165, 1.54) is 14.0 Å². The highest BCUT2D eigenvalue weighted by Crippen LogP contribution is 2.28. The van der Waals surface area contributed by atoms with Crippen molar-refractivity contribution in [1.82, 2.24) is 9.88 Å². The average Bonchev–Trinajstić information content (AvgIpc) is 3.07. The van der Waals surface area contributed by atoms with Gasteiger partial charge in [0.1, 0.15) is 5.01 Å². The summed E-state index contributed by atoms with van der Waals surface area (Å²) in [5.41, 5.74) is 1.46. The van der Waals surface area contributed by atoms with Gasteiger partial charge in [-0.05, 0) is 37.3 Å². The number of fused-ring (bicyclic) bond motifs is 1. The second-order valence-corrected chi connectivity index (χ2v) is 7.15. The molecule has 6 nitrogen and oxygen atoms in total. The molecule has 1 aromatic heterocycles. The minimum absolute atomic E-state index is 0.0634. The van der Waals surface area contributed by atoms with E-state index in [4.69, 9.17) is 9.47 Å². The number of methoxy groups -OCH3 is 1. The molecule has 1 amide bonds. The van der Waals surface area contributed by atoms with Crippen LogP contribution in [0, 0.1) is 0 Å². The number of amides is 1. The second kappa shape index (κ2) is 8.18. The smallest absolute Gasteiger partial charge is 0.260 e. The first kappa shape index (κ1) is 18.8. The first-order chi connectivity index (χ1) is 13.0. The number of benzene rings is 2. The molecule has 0 unspecified atom stereocenters. The monoisotopic (exact) mass is 384 g/mol. The molecule has 0 aliphatic carbocycles. The Morgan fingerprint density at radius 3 is 2.63 bits per heavy atom. The van der Waals surface area contributed by atoms with Crippen LogP contribution in [0.2, 0.25) is 0 Å². The molecule has 1 heterocycles. The number of carbonyl (C=O) groups is 2. The summed E-state index contributed by atoms with van der Waals surface area (Å²) in [7, 11) is 3.21. The molecule has 140 valence electrons. The fourth-order valence-electron chi connectivity index (χ4n) is 2.53. The molecule has 7 heteroatoms. The molecule has 0 spiro atoms. The van der Waals surface area contributed by atoms with Crippen molar-refractivity contribution in [2.45, 2.75) is 13.5 Å². The van der Waals surface area contributed by atoms with Crippen LogP contribution >= 0.6 is 11.3 Å². The Bertz CT molecular complexity index is 950. The minimum Gasteiger partial charge on any atom is -0.493 e. The lowest BCUT2D eigenvalue weighted by Crippen LogP contribution is -2.31. The third-order valence-corrected chi connectivity index (χ3v) is 5.08. The zero-order valence-corrected chi connectivity index (χ0v) is 16.2. The van der Waals surface area contributed by atoms with Crippen molar-refractivity contribution in [3.05, 3.63) is 53.0 Å². The van der Waals surface area contributed by atoms with E-state index < -0.39 is 0 Å². The molecule has 0 atom stereocenters. The Morgan fingerprint density at radius 2 is 1.93 bits per heavy atom. The maximum atomic E-state index is 12.4. The third-order valence-electron chi connectivity index (χ3n) is 4.06. The minimum atomic E-state index is -0.174. The van der Waals surface area contributed by atoms with Gasteiger partial charge in [-0.25, -0.2) is 4.98 Å². The first-order valence-electron chi connectivity index (χ1n) is 8.38. The molecule has 0 aliphatic heterocycles. The molecular weight excluding hydrogens is 364 g/mol. The number of aromatic nitrogens is 1. The van der Waals surface area contributed by atoms with Gasteiger partial charge in [-0.3, -0.25) is 9.59 Å². The molecule has 3 aromatic rings. The highest BCUT2D eigenvalue weighted by atomic mass is 32.1. The highest BCUT2D eigenvalue weighted by molar-refractivity contribution is 7.18. The fraction of sp³-hybridized carbons (Fsp3) is 0.250. The molecule has 3 rings (SSSR count). The summed E-state index contributed by atoms with van der Waals surface area (Å²) >= 11 is 1.57. The lowest BCUT2D eigenvalue weighted by molar-refractivity contribution is -0.132. The van der Waals surface area contributed by atoms with Crippen molar-refractivity contribution in [3.63, 3.8) is 0 Å². The van der Waals surface area contributed by atoms with Crippen molar-refractivity contribution < 1.29 is 19.1 Å². The summed E-state index contributed by atoms with van der Waals surface area (Å²) in [6.45, 7) is 1.77. The van der Waals surface area contributed by atoms with Crippen molar-refractivity contribution in [2.75, 3.05) is 20.8 Å². The zero-order valence-electron chi connectivity index (χ0n) is 15.4. The van der Waals surface area contributed by atoms with Gasteiger partial charge in [0.15, 0.2) is 23.9 Å². The number of carbonyl (C=O) groups excluding carboxylic acids is 2. The Hall–Kier alpha value is -2.93. The number of para-hydroxylation sites is 1.